The van der Waals surface area contributed by atoms with Gasteiger partial charge in [0.15, 0.2) is 9.84 Å². The summed E-state index contributed by atoms with van der Waals surface area (Å²) < 4.78 is 28.4. The topological polar surface area (TPSA) is 76.0 Å². The normalized spacial score (nSPS) is 15.9. The van der Waals surface area contributed by atoms with Gasteiger partial charge < -0.3 is 9.64 Å². The van der Waals surface area contributed by atoms with Gasteiger partial charge in [-0.3, -0.25) is 0 Å². The highest BCUT2D eigenvalue weighted by Gasteiger charge is 2.17. The van der Waals surface area contributed by atoms with Gasteiger partial charge in [-0.15, -0.1) is 0 Å². The molecule has 19 heavy (non-hydrogen) atoms. The van der Waals surface area contributed by atoms with E-state index in [9.17, 15) is 13.2 Å². The van der Waals surface area contributed by atoms with Crippen LogP contribution < -0.4 is 4.90 Å². The lowest BCUT2D eigenvalue weighted by Gasteiger charge is -2.29. The molecule has 0 saturated carbocycles. The van der Waals surface area contributed by atoms with Crippen molar-refractivity contribution in [1.82, 2.24) is 0 Å². The lowest BCUT2D eigenvalue weighted by Crippen LogP contribution is -2.36. The molecule has 0 radical (unpaired) electrons. The monoisotopic (exact) mass is 282 g/mol. The van der Waals surface area contributed by atoms with Crippen LogP contribution in [0.2, 0.25) is 0 Å². The summed E-state index contributed by atoms with van der Waals surface area (Å²) >= 11 is 0. The number of benzene rings is 1. The molecule has 1 aliphatic heterocycles. The number of nitrogens with zero attached hydrogens (tertiary/aromatic N) is 2. The Kier molecular flexibility index (Phi) is 3.99. The molecule has 2 rings (SSSR count). The molecule has 0 unspecified atom stereocenters. The van der Waals surface area contributed by atoms with E-state index in [0.717, 1.165) is 25.0 Å². The average Bonchev–Trinajstić information content (AvgIpc) is 2.39. The van der Waals surface area contributed by atoms with Crippen molar-refractivity contribution in [2.24, 2.45) is 4.99 Å². The van der Waals surface area contributed by atoms with E-state index in [1.807, 2.05) is 0 Å². The van der Waals surface area contributed by atoms with E-state index in [1.165, 1.54) is 12.1 Å². The quantitative estimate of drug-likeness (QED) is 0.608. The van der Waals surface area contributed by atoms with Crippen LogP contribution in [-0.2, 0) is 19.4 Å². The Morgan fingerprint density at radius 1 is 1.32 bits per heavy atom. The predicted octanol–water partition coefficient (Wildman–Crippen LogP) is 0.894. The summed E-state index contributed by atoms with van der Waals surface area (Å²) in [6.45, 7) is 2.70. The molecule has 6 nitrogen and oxygen atoms in total. The zero-order valence-electron chi connectivity index (χ0n) is 10.5. The largest absolute Gasteiger partial charge is 0.378 e. The maximum Gasteiger partial charge on any atom is 0.240 e. The van der Waals surface area contributed by atoms with Gasteiger partial charge in [-0.1, -0.05) is 0 Å². The van der Waals surface area contributed by atoms with Crippen LogP contribution in [0, 0.1) is 0 Å². The molecule has 0 amide bonds. The summed E-state index contributed by atoms with van der Waals surface area (Å²) in [5.74, 6) is 0. The molecular weight excluding hydrogens is 268 g/mol. The summed E-state index contributed by atoms with van der Waals surface area (Å²) in [4.78, 5) is 16.0. The minimum Gasteiger partial charge on any atom is -0.378 e. The summed E-state index contributed by atoms with van der Waals surface area (Å²) in [7, 11) is -3.42. The third-order valence-electron chi connectivity index (χ3n) is 2.88. The van der Waals surface area contributed by atoms with E-state index in [0.29, 0.717) is 13.2 Å². The second-order valence-electron chi connectivity index (χ2n) is 4.23. The van der Waals surface area contributed by atoms with Gasteiger partial charge in [-0.2, -0.15) is 4.99 Å². The molecule has 0 spiro atoms. The van der Waals surface area contributed by atoms with Gasteiger partial charge in [0.25, 0.3) is 0 Å². The molecule has 7 heteroatoms. The summed E-state index contributed by atoms with van der Waals surface area (Å²) in [6, 6.07) is 4.77. The van der Waals surface area contributed by atoms with Gasteiger partial charge in [0.1, 0.15) is 0 Å². The first kappa shape index (κ1) is 13.7. The molecule has 0 aliphatic carbocycles. The van der Waals surface area contributed by atoms with Crippen molar-refractivity contribution < 1.29 is 17.9 Å². The van der Waals surface area contributed by atoms with Crippen molar-refractivity contribution in [2.45, 2.75) is 4.90 Å². The maximum atomic E-state index is 11.6. The van der Waals surface area contributed by atoms with E-state index in [2.05, 4.69) is 9.89 Å². The first-order chi connectivity index (χ1) is 9.02. The highest BCUT2D eigenvalue weighted by Crippen LogP contribution is 2.29. The van der Waals surface area contributed by atoms with Crippen LogP contribution in [0.5, 0.6) is 0 Å². The molecule has 0 aromatic heterocycles. The second kappa shape index (κ2) is 5.52. The molecule has 0 bridgehead atoms. The minimum atomic E-state index is -3.42. The summed E-state index contributed by atoms with van der Waals surface area (Å²) in [5.41, 5.74) is 0.950. The molecule has 1 aromatic carbocycles. The molecule has 1 aromatic rings. The number of sulfone groups is 1. The number of morpholine rings is 1. The fraction of sp³-hybridized carbons (Fsp3) is 0.417. The number of hydrogen-bond donors (Lipinski definition) is 0. The van der Waals surface area contributed by atoms with Gasteiger partial charge in [-0.05, 0) is 18.2 Å². The number of isocyanates is 1. The standard InChI is InChI=1S/C12H14N2O4S/c1-19(16,17)12-3-2-10(8-11(12)13-9-15)14-4-6-18-7-5-14/h2-3,8H,4-7H2,1H3. The van der Waals surface area contributed by atoms with E-state index in [1.54, 1.807) is 12.1 Å². The smallest absolute Gasteiger partial charge is 0.240 e. The highest BCUT2D eigenvalue weighted by atomic mass is 32.2. The number of anilines is 1. The SMILES string of the molecule is CS(=O)(=O)c1ccc(N2CCOCC2)cc1N=C=O. The lowest BCUT2D eigenvalue weighted by molar-refractivity contribution is 0.122. The molecule has 1 aliphatic rings. The molecule has 102 valence electrons. The van der Waals surface area contributed by atoms with Gasteiger partial charge in [0.2, 0.25) is 6.08 Å². The third kappa shape index (κ3) is 3.20. The molecule has 1 fully saturated rings. The Morgan fingerprint density at radius 3 is 2.58 bits per heavy atom. The molecule has 1 saturated heterocycles. The van der Waals surface area contributed by atoms with E-state index < -0.39 is 9.84 Å². The third-order valence-corrected chi connectivity index (χ3v) is 4.03. The van der Waals surface area contributed by atoms with Gasteiger partial charge in [0.05, 0.1) is 23.8 Å². The number of rotatable bonds is 3. The average molecular weight is 282 g/mol. The first-order valence-electron chi connectivity index (χ1n) is 5.77. The van der Waals surface area contributed by atoms with Crippen molar-refractivity contribution in [1.29, 1.82) is 0 Å². The number of aliphatic imine (C=N–C) groups is 1. The minimum absolute atomic E-state index is 0.0351. The van der Waals surface area contributed by atoms with Crippen molar-refractivity contribution in [3.8, 4) is 0 Å². The summed E-state index contributed by atoms with van der Waals surface area (Å²) in [5, 5.41) is 0. The van der Waals surface area contributed by atoms with Gasteiger partial charge >= 0.3 is 0 Å². The number of hydrogen-bond acceptors (Lipinski definition) is 6. The Morgan fingerprint density at radius 2 is 2.00 bits per heavy atom. The number of carbonyl (C=O) groups excluding carboxylic acids is 1. The van der Waals surface area contributed by atoms with E-state index >= 15 is 0 Å². The number of ether oxygens (including phenoxy) is 1. The highest BCUT2D eigenvalue weighted by molar-refractivity contribution is 7.90. The van der Waals surface area contributed by atoms with Crippen LogP contribution in [0.1, 0.15) is 0 Å². The first-order valence-corrected chi connectivity index (χ1v) is 7.66. The van der Waals surface area contributed by atoms with Crippen LogP contribution >= 0.6 is 0 Å². The van der Waals surface area contributed by atoms with Crippen molar-refractivity contribution in [3.63, 3.8) is 0 Å². The summed E-state index contributed by atoms with van der Waals surface area (Å²) in [6.07, 6.45) is 2.48. The van der Waals surface area contributed by atoms with Crippen molar-refractivity contribution in [3.05, 3.63) is 18.2 Å². The Hall–Kier alpha value is -1.69. The van der Waals surface area contributed by atoms with E-state index in [4.69, 9.17) is 4.74 Å². The van der Waals surface area contributed by atoms with Crippen LogP contribution in [0.25, 0.3) is 0 Å². The fourth-order valence-electron chi connectivity index (χ4n) is 1.97. The predicted molar refractivity (Wildman–Crippen MR) is 70.4 cm³/mol. The fourth-order valence-corrected chi connectivity index (χ4v) is 2.77. The zero-order chi connectivity index (χ0) is 13.9. The zero-order valence-corrected chi connectivity index (χ0v) is 11.3. The van der Waals surface area contributed by atoms with Crippen LogP contribution in [0.4, 0.5) is 11.4 Å². The molecule has 1 heterocycles. The van der Waals surface area contributed by atoms with Crippen LogP contribution in [-0.4, -0.2) is 47.1 Å². The van der Waals surface area contributed by atoms with Gasteiger partial charge in [0, 0.05) is 25.0 Å². The lowest BCUT2D eigenvalue weighted by atomic mass is 10.2. The molecular formula is C12H14N2O4S. The Balaban J connectivity index is 2.44. The van der Waals surface area contributed by atoms with Crippen molar-refractivity contribution >= 4 is 27.3 Å². The van der Waals surface area contributed by atoms with Gasteiger partial charge in [-0.25, -0.2) is 13.2 Å². The van der Waals surface area contributed by atoms with E-state index in [-0.39, 0.29) is 10.6 Å². The molecule has 0 N–H and O–H groups in total. The second-order valence-corrected chi connectivity index (χ2v) is 6.21. The van der Waals surface area contributed by atoms with Crippen molar-refractivity contribution in [2.75, 3.05) is 37.5 Å². The maximum absolute atomic E-state index is 11.6. The van der Waals surface area contributed by atoms with Crippen LogP contribution in [0.15, 0.2) is 28.1 Å². The molecule has 0 atom stereocenters. The van der Waals surface area contributed by atoms with Crippen LogP contribution in [0.3, 0.4) is 0 Å². The Bertz CT molecular complexity index is 615. The Labute approximate surface area is 111 Å².